The summed E-state index contributed by atoms with van der Waals surface area (Å²) >= 11 is 0. The summed E-state index contributed by atoms with van der Waals surface area (Å²) in [4.78, 5) is 8.89. The number of hydrogen-bond donors (Lipinski definition) is 1. The summed E-state index contributed by atoms with van der Waals surface area (Å²) in [5.41, 5.74) is 1.07. The van der Waals surface area contributed by atoms with Gasteiger partial charge in [-0.05, 0) is 36.4 Å². The fourth-order valence-electron chi connectivity index (χ4n) is 2.91. The highest BCUT2D eigenvalue weighted by atomic mass is 19.1. The number of anilines is 1. The molecule has 1 aliphatic rings. The summed E-state index contributed by atoms with van der Waals surface area (Å²) in [6.07, 6.45) is 2.53. The summed E-state index contributed by atoms with van der Waals surface area (Å²) in [6, 6.07) is 10.6. The lowest BCUT2D eigenvalue weighted by molar-refractivity contribution is 0.372. The van der Waals surface area contributed by atoms with E-state index < -0.39 is 0 Å². The van der Waals surface area contributed by atoms with E-state index in [1.165, 1.54) is 12.1 Å². The molecule has 5 nitrogen and oxygen atoms in total. The molecule has 0 atom stereocenters. The van der Waals surface area contributed by atoms with Gasteiger partial charge in [0.1, 0.15) is 11.6 Å². The number of nitrogens with zero attached hydrogens (tertiary/aromatic N) is 3. The monoisotopic (exact) mass is 330 g/mol. The van der Waals surface area contributed by atoms with Gasteiger partial charge in [0.05, 0.1) is 6.26 Å². The molecule has 128 valence electrons. The van der Waals surface area contributed by atoms with Crippen LogP contribution >= 0.6 is 0 Å². The molecule has 1 aliphatic heterocycles. The van der Waals surface area contributed by atoms with Crippen LogP contribution in [-0.4, -0.2) is 50.6 Å². The Labute approximate surface area is 141 Å². The molecular formula is C18H23FN4O. The SMILES string of the molecule is CN=C(NCCc1ccco1)N1CCN(c2ccc(F)cc2)CC1. The van der Waals surface area contributed by atoms with E-state index in [-0.39, 0.29) is 5.82 Å². The number of rotatable bonds is 4. The van der Waals surface area contributed by atoms with Crippen molar-refractivity contribution in [1.82, 2.24) is 10.2 Å². The number of guanidine groups is 1. The van der Waals surface area contributed by atoms with Crippen molar-refractivity contribution in [1.29, 1.82) is 0 Å². The average molecular weight is 330 g/mol. The lowest BCUT2D eigenvalue weighted by Crippen LogP contribution is -2.52. The van der Waals surface area contributed by atoms with Gasteiger partial charge < -0.3 is 19.5 Å². The summed E-state index contributed by atoms with van der Waals surface area (Å²) in [5, 5.41) is 3.39. The van der Waals surface area contributed by atoms with Gasteiger partial charge in [-0.25, -0.2) is 4.39 Å². The highest BCUT2D eigenvalue weighted by Gasteiger charge is 2.19. The molecular weight excluding hydrogens is 307 g/mol. The van der Waals surface area contributed by atoms with Crippen molar-refractivity contribution >= 4 is 11.6 Å². The maximum absolute atomic E-state index is 13.0. The minimum Gasteiger partial charge on any atom is -0.469 e. The van der Waals surface area contributed by atoms with Gasteiger partial charge in [0.25, 0.3) is 0 Å². The number of hydrogen-bond acceptors (Lipinski definition) is 3. The standard InChI is InChI=1S/C18H23FN4O/c1-20-18(21-9-8-17-3-2-14-24-17)23-12-10-22(11-13-23)16-6-4-15(19)5-7-16/h2-7,14H,8-13H2,1H3,(H,20,21). The van der Waals surface area contributed by atoms with E-state index in [9.17, 15) is 4.39 Å². The minimum absolute atomic E-state index is 0.196. The highest BCUT2D eigenvalue weighted by Crippen LogP contribution is 2.16. The third-order valence-electron chi connectivity index (χ3n) is 4.22. The van der Waals surface area contributed by atoms with Gasteiger partial charge in [-0.2, -0.15) is 0 Å². The predicted molar refractivity (Wildman–Crippen MR) is 94.0 cm³/mol. The van der Waals surface area contributed by atoms with Gasteiger partial charge in [-0.3, -0.25) is 4.99 Å². The van der Waals surface area contributed by atoms with Crippen LogP contribution in [0.1, 0.15) is 5.76 Å². The van der Waals surface area contributed by atoms with Gasteiger partial charge in [0.2, 0.25) is 0 Å². The third kappa shape index (κ3) is 4.07. The highest BCUT2D eigenvalue weighted by molar-refractivity contribution is 5.80. The second kappa shape index (κ2) is 7.86. The molecule has 0 radical (unpaired) electrons. The molecule has 0 unspecified atom stereocenters. The number of benzene rings is 1. The summed E-state index contributed by atoms with van der Waals surface area (Å²) in [6.45, 7) is 4.35. The first-order chi connectivity index (χ1) is 11.8. The molecule has 6 heteroatoms. The molecule has 1 aromatic heterocycles. The first-order valence-electron chi connectivity index (χ1n) is 8.25. The second-order valence-electron chi connectivity index (χ2n) is 5.75. The molecule has 0 amide bonds. The van der Waals surface area contributed by atoms with Crippen LogP contribution in [0, 0.1) is 5.82 Å². The fourth-order valence-corrected chi connectivity index (χ4v) is 2.91. The zero-order valence-corrected chi connectivity index (χ0v) is 13.9. The Bertz CT molecular complexity index is 646. The maximum Gasteiger partial charge on any atom is 0.193 e. The molecule has 1 aromatic carbocycles. The first kappa shape index (κ1) is 16.4. The van der Waals surface area contributed by atoms with E-state index in [1.54, 1.807) is 6.26 Å². The summed E-state index contributed by atoms with van der Waals surface area (Å²) < 4.78 is 18.4. The number of furan rings is 1. The quantitative estimate of drug-likeness (QED) is 0.690. The van der Waals surface area contributed by atoms with Crippen molar-refractivity contribution < 1.29 is 8.81 Å². The van der Waals surface area contributed by atoms with Crippen LogP contribution in [0.25, 0.3) is 0 Å². The third-order valence-corrected chi connectivity index (χ3v) is 4.22. The van der Waals surface area contributed by atoms with Crippen LogP contribution in [0.15, 0.2) is 52.1 Å². The molecule has 1 fully saturated rings. The number of nitrogens with one attached hydrogen (secondary N) is 1. The largest absolute Gasteiger partial charge is 0.469 e. The van der Waals surface area contributed by atoms with E-state index in [4.69, 9.17) is 4.42 Å². The Hall–Kier alpha value is -2.50. The van der Waals surface area contributed by atoms with Gasteiger partial charge >= 0.3 is 0 Å². The lowest BCUT2D eigenvalue weighted by Gasteiger charge is -2.37. The van der Waals surface area contributed by atoms with Crippen LogP contribution in [-0.2, 0) is 6.42 Å². The summed E-state index contributed by atoms with van der Waals surface area (Å²) in [7, 11) is 1.81. The molecule has 2 heterocycles. The maximum atomic E-state index is 13.0. The first-order valence-corrected chi connectivity index (χ1v) is 8.25. The number of halogens is 1. The van der Waals surface area contributed by atoms with Crippen molar-refractivity contribution in [2.24, 2.45) is 4.99 Å². The van der Waals surface area contributed by atoms with Gasteiger partial charge in [0, 0.05) is 51.9 Å². The predicted octanol–water partition coefficient (Wildman–Crippen LogP) is 2.36. The minimum atomic E-state index is -0.196. The Morgan fingerprint density at radius 2 is 1.92 bits per heavy atom. The van der Waals surface area contributed by atoms with Crippen LogP contribution in [0.5, 0.6) is 0 Å². The summed E-state index contributed by atoms with van der Waals surface area (Å²) in [5.74, 6) is 1.69. The molecule has 0 spiro atoms. The molecule has 1 saturated heterocycles. The van der Waals surface area contributed by atoms with E-state index in [2.05, 4.69) is 20.1 Å². The van der Waals surface area contributed by atoms with Crippen molar-refractivity contribution in [2.45, 2.75) is 6.42 Å². The van der Waals surface area contributed by atoms with Crippen molar-refractivity contribution in [3.05, 3.63) is 54.2 Å². The van der Waals surface area contributed by atoms with E-state index in [0.29, 0.717) is 0 Å². The van der Waals surface area contributed by atoms with E-state index in [1.807, 2.05) is 31.3 Å². The van der Waals surface area contributed by atoms with Gasteiger partial charge in [-0.1, -0.05) is 0 Å². The van der Waals surface area contributed by atoms with Crippen LogP contribution in [0.3, 0.4) is 0 Å². The van der Waals surface area contributed by atoms with Crippen LogP contribution < -0.4 is 10.2 Å². The van der Waals surface area contributed by atoms with Crippen molar-refractivity contribution in [3.63, 3.8) is 0 Å². The van der Waals surface area contributed by atoms with Gasteiger partial charge in [0.15, 0.2) is 5.96 Å². The van der Waals surface area contributed by atoms with Crippen LogP contribution in [0.2, 0.25) is 0 Å². The lowest BCUT2D eigenvalue weighted by atomic mass is 10.2. The Morgan fingerprint density at radius 3 is 2.54 bits per heavy atom. The molecule has 1 N–H and O–H groups in total. The number of aliphatic imine (C=N–C) groups is 1. The van der Waals surface area contributed by atoms with E-state index in [0.717, 1.165) is 56.6 Å². The number of piperazine rings is 1. The Kier molecular flexibility index (Phi) is 5.36. The second-order valence-corrected chi connectivity index (χ2v) is 5.75. The fraction of sp³-hybridized carbons (Fsp3) is 0.389. The smallest absolute Gasteiger partial charge is 0.193 e. The van der Waals surface area contributed by atoms with Crippen molar-refractivity contribution in [3.8, 4) is 0 Å². The molecule has 0 aliphatic carbocycles. The van der Waals surface area contributed by atoms with Gasteiger partial charge in [-0.15, -0.1) is 0 Å². The van der Waals surface area contributed by atoms with E-state index >= 15 is 0 Å². The zero-order valence-electron chi connectivity index (χ0n) is 13.9. The topological polar surface area (TPSA) is 44.0 Å². The normalized spacial score (nSPS) is 15.7. The molecule has 0 saturated carbocycles. The Morgan fingerprint density at radius 1 is 1.17 bits per heavy atom. The Balaban J connectivity index is 1.48. The van der Waals surface area contributed by atoms with Crippen molar-refractivity contribution in [2.75, 3.05) is 44.7 Å². The average Bonchev–Trinajstić information content (AvgIpc) is 3.13. The molecule has 0 bridgehead atoms. The molecule has 24 heavy (non-hydrogen) atoms. The zero-order chi connectivity index (χ0) is 16.8. The molecule has 3 rings (SSSR count). The van der Waals surface area contributed by atoms with Crippen LogP contribution in [0.4, 0.5) is 10.1 Å². The molecule has 2 aromatic rings.